The number of aromatic nitrogens is 4. The minimum atomic E-state index is -0.517. The van der Waals surface area contributed by atoms with E-state index in [0.29, 0.717) is 41.8 Å². The molecule has 4 saturated carbocycles. The molecule has 6 nitrogen and oxygen atoms in total. The summed E-state index contributed by atoms with van der Waals surface area (Å²) in [7, 11) is 0. The Morgan fingerprint density at radius 3 is 2.65 bits per heavy atom. The maximum atomic E-state index is 14.3. The van der Waals surface area contributed by atoms with Gasteiger partial charge in [0.2, 0.25) is 0 Å². The van der Waals surface area contributed by atoms with E-state index in [1.807, 2.05) is 6.92 Å². The zero-order chi connectivity index (χ0) is 22.0. The van der Waals surface area contributed by atoms with Gasteiger partial charge in [0.25, 0.3) is 0 Å². The lowest BCUT2D eigenvalue weighted by atomic mass is 9.48. The molecule has 0 saturated heterocycles. The average Bonchev–Trinajstić information content (AvgIpc) is 3.26. The van der Waals surface area contributed by atoms with E-state index < -0.39 is 5.60 Å². The van der Waals surface area contributed by atoms with Gasteiger partial charge in [-0.25, -0.2) is 0 Å². The molecule has 172 valence electrons. The van der Waals surface area contributed by atoms with Gasteiger partial charge in [0.15, 0.2) is 11.6 Å². The molecule has 0 radical (unpaired) electrons. The standard InChI is InChI=1S/C24H37FN4O2/c1-14-26-28-29(27-14)13-21(30)20-10-16(12-25)22-19-5-4-15-11-23(2,31)8-6-17(15)18(19)7-9-24(20,22)3/h15-20,22,31H,4-13H2,1-3H3/t15-,16?,17+,18?,19-,20-,22?,23-,24-/m1/s1. The van der Waals surface area contributed by atoms with Gasteiger partial charge in [-0.2, -0.15) is 4.80 Å². The van der Waals surface area contributed by atoms with E-state index in [0.717, 1.165) is 44.9 Å². The Labute approximate surface area is 184 Å². The van der Waals surface area contributed by atoms with Crippen molar-refractivity contribution in [3.05, 3.63) is 5.82 Å². The smallest absolute Gasteiger partial charge is 0.171 e. The second-order valence-corrected chi connectivity index (χ2v) is 11.7. The highest BCUT2D eigenvalue weighted by Gasteiger charge is 2.62. The SMILES string of the molecule is Cc1nnn(CC(=O)[C@H]2CC(CF)C3[C@@H]4CC[C@@H]5C[C@](C)(O)CC[C@@H]5C4CC[C@@]32C)n1. The topological polar surface area (TPSA) is 80.9 Å². The molecule has 5 rings (SSSR count). The lowest BCUT2D eigenvalue weighted by Crippen LogP contribution is -2.52. The molecule has 4 fully saturated rings. The molecule has 31 heavy (non-hydrogen) atoms. The third kappa shape index (κ3) is 3.55. The number of tetrazole rings is 1. The first-order chi connectivity index (χ1) is 14.7. The van der Waals surface area contributed by atoms with Crippen LogP contribution >= 0.6 is 0 Å². The fraction of sp³-hybridized carbons (Fsp3) is 0.917. The summed E-state index contributed by atoms with van der Waals surface area (Å²) >= 11 is 0. The van der Waals surface area contributed by atoms with E-state index in [1.165, 1.54) is 4.80 Å². The zero-order valence-electron chi connectivity index (χ0n) is 19.1. The summed E-state index contributed by atoms with van der Waals surface area (Å²) in [6.07, 6.45) is 7.99. The Morgan fingerprint density at radius 2 is 1.94 bits per heavy atom. The first-order valence-corrected chi connectivity index (χ1v) is 12.3. The highest BCUT2D eigenvalue weighted by atomic mass is 19.1. The number of halogens is 1. The fourth-order valence-corrected chi connectivity index (χ4v) is 8.67. The number of Topliss-reactive ketones (excluding diaryl/α,β-unsaturated/α-hetero) is 1. The second kappa shape index (κ2) is 7.60. The molecule has 4 aliphatic rings. The molecule has 3 unspecified atom stereocenters. The summed E-state index contributed by atoms with van der Waals surface area (Å²) in [6.45, 7) is 5.84. The van der Waals surface area contributed by atoms with Crippen LogP contribution in [0.25, 0.3) is 0 Å². The molecule has 0 aromatic carbocycles. The van der Waals surface area contributed by atoms with E-state index in [4.69, 9.17) is 0 Å². The fourth-order valence-electron chi connectivity index (χ4n) is 8.67. The maximum absolute atomic E-state index is 14.3. The molecule has 0 amide bonds. The number of rotatable bonds is 4. The Balaban J connectivity index is 1.37. The van der Waals surface area contributed by atoms with E-state index in [-0.39, 0.29) is 36.3 Å². The number of ketones is 1. The summed E-state index contributed by atoms with van der Waals surface area (Å²) in [5.41, 5.74) is -0.644. The van der Waals surface area contributed by atoms with Gasteiger partial charge in [-0.3, -0.25) is 9.18 Å². The molecule has 1 aromatic rings. The molecule has 1 aromatic heterocycles. The number of aliphatic hydroxyl groups is 1. The highest BCUT2D eigenvalue weighted by Crippen LogP contribution is 2.66. The Hall–Kier alpha value is -1.37. The van der Waals surface area contributed by atoms with Crippen molar-refractivity contribution >= 4 is 5.78 Å². The number of carbonyl (C=O) groups is 1. The minimum Gasteiger partial charge on any atom is -0.390 e. The van der Waals surface area contributed by atoms with Gasteiger partial charge in [0.1, 0.15) is 6.54 Å². The van der Waals surface area contributed by atoms with Crippen LogP contribution in [0.3, 0.4) is 0 Å². The van der Waals surface area contributed by atoms with E-state index in [9.17, 15) is 14.3 Å². The lowest BCUT2D eigenvalue weighted by Gasteiger charge is -2.57. The Bertz CT molecular complexity index is 841. The van der Waals surface area contributed by atoms with Crippen molar-refractivity contribution in [3.8, 4) is 0 Å². The van der Waals surface area contributed by atoms with Crippen LogP contribution in [0, 0.1) is 53.8 Å². The summed E-state index contributed by atoms with van der Waals surface area (Å²) in [4.78, 5) is 14.7. The number of aryl methyl sites for hydroxylation is 1. The van der Waals surface area contributed by atoms with Crippen LogP contribution in [0.1, 0.15) is 71.0 Å². The van der Waals surface area contributed by atoms with Crippen molar-refractivity contribution in [2.24, 2.45) is 46.8 Å². The quantitative estimate of drug-likeness (QED) is 0.783. The number of fused-ring (bicyclic) bond motifs is 5. The number of hydrogen-bond acceptors (Lipinski definition) is 5. The third-order valence-electron chi connectivity index (χ3n) is 9.81. The summed E-state index contributed by atoms with van der Waals surface area (Å²) in [5.74, 6) is 3.30. The highest BCUT2D eigenvalue weighted by molar-refractivity contribution is 5.82. The van der Waals surface area contributed by atoms with Crippen LogP contribution in [-0.2, 0) is 11.3 Å². The Kier molecular flexibility index (Phi) is 5.26. The molecule has 0 spiro atoms. The first-order valence-electron chi connectivity index (χ1n) is 12.3. The van der Waals surface area contributed by atoms with Gasteiger partial charge in [0, 0.05) is 5.92 Å². The number of nitrogens with zero attached hydrogens (tertiary/aromatic N) is 4. The van der Waals surface area contributed by atoms with E-state index in [2.05, 4.69) is 22.3 Å². The van der Waals surface area contributed by atoms with E-state index >= 15 is 0 Å². The van der Waals surface area contributed by atoms with Crippen molar-refractivity contribution in [1.82, 2.24) is 20.2 Å². The lowest BCUT2D eigenvalue weighted by molar-refractivity contribution is -0.134. The van der Waals surface area contributed by atoms with E-state index in [1.54, 1.807) is 6.92 Å². The maximum Gasteiger partial charge on any atom is 0.171 e. The molecule has 7 heteroatoms. The predicted octanol–water partition coefficient (Wildman–Crippen LogP) is 3.77. The summed E-state index contributed by atoms with van der Waals surface area (Å²) in [5, 5.41) is 22.6. The van der Waals surface area contributed by atoms with Crippen molar-refractivity contribution in [3.63, 3.8) is 0 Å². The van der Waals surface area contributed by atoms with Crippen LogP contribution < -0.4 is 0 Å². The number of alkyl halides is 1. The van der Waals surface area contributed by atoms with Crippen molar-refractivity contribution in [2.45, 2.75) is 84.3 Å². The average molecular weight is 433 g/mol. The van der Waals surface area contributed by atoms with Crippen molar-refractivity contribution in [2.75, 3.05) is 6.67 Å². The predicted molar refractivity (Wildman–Crippen MR) is 114 cm³/mol. The van der Waals surface area contributed by atoms with Crippen LogP contribution in [0.2, 0.25) is 0 Å². The van der Waals surface area contributed by atoms with Gasteiger partial charge in [0.05, 0.1) is 12.3 Å². The largest absolute Gasteiger partial charge is 0.390 e. The summed E-state index contributed by atoms with van der Waals surface area (Å²) in [6, 6.07) is 0. The van der Waals surface area contributed by atoms with Gasteiger partial charge in [-0.1, -0.05) is 6.92 Å². The molecule has 0 bridgehead atoms. The normalized spacial score (nSPS) is 46.8. The monoisotopic (exact) mass is 432 g/mol. The summed E-state index contributed by atoms with van der Waals surface area (Å²) < 4.78 is 14.3. The zero-order valence-corrected chi connectivity index (χ0v) is 19.1. The molecule has 0 aliphatic heterocycles. The van der Waals surface area contributed by atoms with Gasteiger partial charge >= 0.3 is 0 Å². The van der Waals surface area contributed by atoms with Crippen LogP contribution in [0.15, 0.2) is 0 Å². The van der Waals surface area contributed by atoms with Crippen LogP contribution in [0.4, 0.5) is 4.39 Å². The third-order valence-corrected chi connectivity index (χ3v) is 9.81. The van der Waals surface area contributed by atoms with Crippen molar-refractivity contribution in [1.29, 1.82) is 0 Å². The second-order valence-electron chi connectivity index (χ2n) is 11.7. The molecule has 1 heterocycles. The van der Waals surface area contributed by atoms with Gasteiger partial charge in [-0.05, 0) is 111 Å². The molecular formula is C24H37FN4O2. The first kappa shape index (κ1) is 21.5. The van der Waals surface area contributed by atoms with Crippen molar-refractivity contribution < 1.29 is 14.3 Å². The van der Waals surface area contributed by atoms with Crippen LogP contribution in [-0.4, -0.2) is 43.4 Å². The van der Waals surface area contributed by atoms with Gasteiger partial charge < -0.3 is 5.11 Å². The molecular weight excluding hydrogens is 395 g/mol. The number of carbonyl (C=O) groups excluding carboxylic acids is 1. The minimum absolute atomic E-state index is 0.0135. The molecule has 4 aliphatic carbocycles. The Morgan fingerprint density at radius 1 is 1.16 bits per heavy atom. The molecule has 9 atom stereocenters. The molecule has 1 N–H and O–H groups in total. The van der Waals surface area contributed by atoms with Gasteiger partial charge in [-0.15, -0.1) is 10.2 Å². The number of hydrogen-bond donors (Lipinski definition) is 1. The van der Waals surface area contributed by atoms with Crippen LogP contribution in [0.5, 0.6) is 0 Å².